The zero-order valence-electron chi connectivity index (χ0n) is 7.94. The van der Waals surface area contributed by atoms with Crippen LogP contribution in [0.1, 0.15) is 33.6 Å². The second-order valence-electron chi connectivity index (χ2n) is 4.25. The van der Waals surface area contributed by atoms with Gasteiger partial charge in [0, 0.05) is 6.54 Å². The predicted molar refractivity (Wildman–Crippen MR) is 46.7 cm³/mol. The Hall–Kier alpha value is -0.0400. The summed E-state index contributed by atoms with van der Waals surface area (Å²) in [7, 11) is 4.14. The fraction of sp³-hybridized carbons (Fsp3) is 0.889. The van der Waals surface area contributed by atoms with Gasteiger partial charge in [0.1, 0.15) is 0 Å². The maximum Gasteiger partial charge on any atom is 0.0245 e. The van der Waals surface area contributed by atoms with Gasteiger partial charge in [-0.1, -0.05) is 20.8 Å². The van der Waals surface area contributed by atoms with Gasteiger partial charge >= 0.3 is 0 Å². The summed E-state index contributed by atoms with van der Waals surface area (Å²) in [6, 6.07) is 0. The molecule has 0 heterocycles. The molecule has 0 atom stereocenters. The summed E-state index contributed by atoms with van der Waals surface area (Å²) in [5, 5.41) is 0. The first-order valence-electron chi connectivity index (χ1n) is 3.91. The second-order valence-corrected chi connectivity index (χ2v) is 4.25. The molecule has 0 aliphatic rings. The molecule has 0 saturated heterocycles. The summed E-state index contributed by atoms with van der Waals surface area (Å²) in [6.45, 7) is 9.05. The highest BCUT2D eigenvalue weighted by atomic mass is 15.0. The molecule has 0 amide bonds. The van der Waals surface area contributed by atoms with Crippen molar-refractivity contribution in [2.24, 2.45) is 5.41 Å². The molecule has 1 heteroatoms. The topological polar surface area (TPSA) is 3.24 Å². The highest BCUT2D eigenvalue weighted by Crippen LogP contribution is 2.21. The van der Waals surface area contributed by atoms with E-state index in [9.17, 15) is 0 Å². The molecule has 0 rings (SSSR count). The van der Waals surface area contributed by atoms with Crippen LogP contribution in [0.2, 0.25) is 0 Å². The van der Waals surface area contributed by atoms with Gasteiger partial charge in [-0.05, 0) is 32.4 Å². The van der Waals surface area contributed by atoms with Crippen LogP contribution in [0.4, 0.5) is 0 Å². The van der Waals surface area contributed by atoms with Gasteiger partial charge in [-0.15, -0.1) is 0 Å². The summed E-state index contributed by atoms with van der Waals surface area (Å²) in [5.74, 6) is 0. The van der Waals surface area contributed by atoms with Crippen LogP contribution in [-0.2, 0) is 0 Å². The maximum atomic E-state index is 2.27. The number of hydrogen-bond acceptors (Lipinski definition) is 1. The monoisotopic (exact) mass is 142 g/mol. The van der Waals surface area contributed by atoms with E-state index in [1.165, 1.54) is 12.8 Å². The minimum absolute atomic E-state index is 0.479. The van der Waals surface area contributed by atoms with Crippen molar-refractivity contribution in [3.8, 4) is 0 Å². The van der Waals surface area contributed by atoms with E-state index in [1.807, 2.05) is 0 Å². The minimum atomic E-state index is 0.479. The van der Waals surface area contributed by atoms with E-state index < -0.39 is 0 Å². The summed E-state index contributed by atoms with van der Waals surface area (Å²) in [6.07, 6.45) is 2.46. The van der Waals surface area contributed by atoms with Gasteiger partial charge in [-0.2, -0.15) is 0 Å². The third-order valence-corrected chi connectivity index (χ3v) is 1.39. The van der Waals surface area contributed by atoms with E-state index in [-0.39, 0.29) is 0 Å². The van der Waals surface area contributed by atoms with Crippen molar-refractivity contribution in [1.82, 2.24) is 4.90 Å². The average molecular weight is 142 g/mol. The maximum absolute atomic E-state index is 2.27. The summed E-state index contributed by atoms with van der Waals surface area (Å²) < 4.78 is 0. The molecule has 0 spiro atoms. The van der Waals surface area contributed by atoms with Crippen molar-refractivity contribution in [2.75, 3.05) is 14.1 Å². The lowest BCUT2D eigenvalue weighted by Gasteiger charge is -2.18. The quantitative estimate of drug-likeness (QED) is 0.585. The lowest BCUT2D eigenvalue weighted by Crippen LogP contribution is -2.10. The van der Waals surface area contributed by atoms with Crippen LogP contribution >= 0.6 is 0 Å². The molecule has 0 N–H and O–H groups in total. The first-order valence-corrected chi connectivity index (χ1v) is 3.91. The second kappa shape index (κ2) is 3.97. The van der Waals surface area contributed by atoms with Crippen LogP contribution in [0.3, 0.4) is 0 Å². The van der Waals surface area contributed by atoms with E-state index in [2.05, 4.69) is 46.3 Å². The number of rotatable bonds is 3. The molecule has 10 heavy (non-hydrogen) atoms. The van der Waals surface area contributed by atoms with Gasteiger partial charge in [0.2, 0.25) is 0 Å². The Bertz CT molecular complexity index is 79.2. The van der Waals surface area contributed by atoms with Crippen molar-refractivity contribution in [3.63, 3.8) is 0 Å². The number of nitrogens with zero attached hydrogens (tertiary/aromatic N) is 1. The van der Waals surface area contributed by atoms with Gasteiger partial charge < -0.3 is 4.90 Å². The Kier molecular flexibility index (Phi) is 3.95. The fourth-order valence-corrected chi connectivity index (χ4v) is 0.756. The predicted octanol–water partition coefficient (Wildman–Crippen LogP) is 2.54. The molecule has 1 radical (unpaired) electrons. The molecular formula is C9H20N. The van der Waals surface area contributed by atoms with E-state index in [0.717, 1.165) is 0 Å². The molecule has 0 aromatic heterocycles. The third-order valence-electron chi connectivity index (χ3n) is 1.39. The normalized spacial score (nSPS) is 12.6. The Morgan fingerprint density at radius 3 is 2.00 bits per heavy atom. The van der Waals surface area contributed by atoms with Crippen LogP contribution in [0.25, 0.3) is 0 Å². The average Bonchev–Trinajstić information content (AvgIpc) is 1.59. The molecule has 0 fully saturated rings. The van der Waals surface area contributed by atoms with Crippen molar-refractivity contribution in [3.05, 3.63) is 6.54 Å². The molecule has 1 nitrogen and oxygen atoms in total. The van der Waals surface area contributed by atoms with E-state index in [0.29, 0.717) is 5.41 Å². The Labute approximate surface area is 65.4 Å². The Morgan fingerprint density at radius 1 is 1.20 bits per heavy atom. The molecule has 0 aliphatic heterocycles. The smallest absolute Gasteiger partial charge is 0.0245 e. The summed E-state index contributed by atoms with van der Waals surface area (Å²) in [4.78, 5) is 2.12. The van der Waals surface area contributed by atoms with Crippen LogP contribution < -0.4 is 0 Å². The van der Waals surface area contributed by atoms with Crippen molar-refractivity contribution in [2.45, 2.75) is 33.6 Å². The van der Waals surface area contributed by atoms with Gasteiger partial charge in [0.25, 0.3) is 0 Å². The lowest BCUT2D eigenvalue weighted by molar-refractivity contribution is 0.351. The molecule has 0 bridgehead atoms. The highest BCUT2D eigenvalue weighted by Gasteiger charge is 2.08. The lowest BCUT2D eigenvalue weighted by atomic mass is 9.90. The van der Waals surface area contributed by atoms with Gasteiger partial charge in [-0.3, -0.25) is 0 Å². The molecule has 0 aromatic rings. The van der Waals surface area contributed by atoms with Gasteiger partial charge in [-0.25, -0.2) is 0 Å². The first kappa shape index (κ1) is 9.96. The van der Waals surface area contributed by atoms with Crippen LogP contribution in [0, 0.1) is 12.0 Å². The van der Waals surface area contributed by atoms with Crippen molar-refractivity contribution >= 4 is 0 Å². The Morgan fingerprint density at radius 2 is 1.70 bits per heavy atom. The van der Waals surface area contributed by atoms with E-state index in [1.54, 1.807) is 0 Å². The summed E-state index contributed by atoms with van der Waals surface area (Å²) >= 11 is 0. The SMILES string of the molecule is CN(C)[CH]CCC(C)(C)C. The third kappa shape index (κ3) is 7.96. The molecule has 61 valence electrons. The molecule has 0 aliphatic carbocycles. The highest BCUT2D eigenvalue weighted by molar-refractivity contribution is 4.67. The van der Waals surface area contributed by atoms with E-state index in [4.69, 9.17) is 0 Å². The first-order chi connectivity index (χ1) is 4.42. The van der Waals surface area contributed by atoms with Crippen LogP contribution in [0.15, 0.2) is 0 Å². The molecular weight excluding hydrogens is 122 g/mol. The van der Waals surface area contributed by atoms with E-state index >= 15 is 0 Å². The zero-order valence-corrected chi connectivity index (χ0v) is 7.94. The molecule has 0 aromatic carbocycles. The van der Waals surface area contributed by atoms with Crippen LogP contribution in [0.5, 0.6) is 0 Å². The largest absolute Gasteiger partial charge is 0.305 e. The number of hydrogen-bond donors (Lipinski definition) is 0. The minimum Gasteiger partial charge on any atom is -0.305 e. The standard InChI is InChI=1S/C9H20N/c1-9(2,3)7-6-8-10(4)5/h8H,6-7H2,1-5H3. The zero-order chi connectivity index (χ0) is 8.20. The Balaban J connectivity index is 3.21. The van der Waals surface area contributed by atoms with Gasteiger partial charge in [0.05, 0.1) is 0 Å². The van der Waals surface area contributed by atoms with Crippen molar-refractivity contribution < 1.29 is 0 Å². The molecule has 0 unspecified atom stereocenters. The van der Waals surface area contributed by atoms with Gasteiger partial charge in [0.15, 0.2) is 0 Å². The van der Waals surface area contributed by atoms with Crippen molar-refractivity contribution in [1.29, 1.82) is 0 Å². The van der Waals surface area contributed by atoms with Crippen LogP contribution in [-0.4, -0.2) is 19.0 Å². The fourth-order valence-electron chi connectivity index (χ4n) is 0.756. The summed E-state index contributed by atoms with van der Waals surface area (Å²) in [5.41, 5.74) is 0.479. The molecule has 0 saturated carbocycles.